The topological polar surface area (TPSA) is 121 Å². The maximum Gasteiger partial charge on any atom is 0.272 e. The third kappa shape index (κ3) is 4.83. The number of para-hydroxylation sites is 1. The number of hydrogen-bond acceptors (Lipinski definition) is 7. The summed E-state index contributed by atoms with van der Waals surface area (Å²) in [5, 5.41) is 11.4. The van der Waals surface area contributed by atoms with Crippen molar-refractivity contribution in [2.75, 3.05) is 11.9 Å². The van der Waals surface area contributed by atoms with Crippen molar-refractivity contribution < 1.29 is 9.59 Å². The molecule has 6 rings (SSSR count). The highest BCUT2D eigenvalue weighted by atomic mass is 16.2. The Labute approximate surface area is 224 Å². The Balaban J connectivity index is 0.000000332. The van der Waals surface area contributed by atoms with E-state index in [-0.39, 0.29) is 11.5 Å². The lowest BCUT2D eigenvalue weighted by Gasteiger charge is -2.24. The van der Waals surface area contributed by atoms with Gasteiger partial charge in [-0.25, -0.2) is 5.10 Å². The van der Waals surface area contributed by atoms with E-state index in [0.717, 1.165) is 34.2 Å². The lowest BCUT2D eigenvalue weighted by atomic mass is 9.94. The number of likely N-dealkylation sites (N-methyl/N-ethyl adjacent to an activating group) is 1. The standard InChI is InChI=1S/C24H21N5O2.C6H5NO/c1-24(25-2)19-9-5-6-10-21(19)29(23(24)31)16-11-15(13-26-14-16)12-20-17-7-3-4-8-18(17)22(30)28-27-20;8-5-6-2-1-3-7-4-6/h3-11,13-14,25H,12H2,1-2H3,(H,28,30);1-5H. The first kappa shape index (κ1) is 25.6. The number of carbonyl (C=O) groups excluding carboxylic acids is 2. The Morgan fingerprint density at radius 3 is 2.44 bits per heavy atom. The van der Waals surface area contributed by atoms with Crippen LogP contribution < -0.4 is 15.8 Å². The van der Waals surface area contributed by atoms with Gasteiger partial charge in [-0.2, -0.15) is 5.10 Å². The van der Waals surface area contributed by atoms with Crippen LogP contribution >= 0.6 is 0 Å². The van der Waals surface area contributed by atoms with Gasteiger partial charge in [-0.1, -0.05) is 36.4 Å². The highest BCUT2D eigenvalue weighted by molar-refractivity contribution is 6.12. The van der Waals surface area contributed by atoms with E-state index >= 15 is 0 Å². The van der Waals surface area contributed by atoms with Crippen molar-refractivity contribution in [1.29, 1.82) is 0 Å². The molecule has 4 heterocycles. The van der Waals surface area contributed by atoms with Gasteiger partial charge < -0.3 is 5.32 Å². The minimum Gasteiger partial charge on any atom is -0.303 e. The molecule has 0 fully saturated rings. The molecule has 1 aliphatic heterocycles. The van der Waals surface area contributed by atoms with E-state index in [1.165, 1.54) is 6.20 Å². The van der Waals surface area contributed by atoms with Crippen LogP contribution in [-0.2, 0) is 16.8 Å². The first-order chi connectivity index (χ1) is 19.0. The van der Waals surface area contributed by atoms with Crippen molar-refractivity contribution in [3.63, 3.8) is 0 Å². The molecule has 0 aliphatic carbocycles. The van der Waals surface area contributed by atoms with Gasteiger partial charge in [0.15, 0.2) is 6.29 Å². The Kier molecular flexibility index (Phi) is 7.07. The molecule has 0 bridgehead atoms. The zero-order valence-electron chi connectivity index (χ0n) is 21.5. The molecule has 5 aromatic rings. The number of pyridine rings is 2. The first-order valence-corrected chi connectivity index (χ1v) is 12.3. The predicted octanol–water partition coefficient (Wildman–Crippen LogP) is 3.92. The zero-order chi connectivity index (χ0) is 27.4. The number of amides is 1. The number of nitrogens with zero attached hydrogens (tertiary/aromatic N) is 4. The smallest absolute Gasteiger partial charge is 0.272 e. The van der Waals surface area contributed by atoms with Gasteiger partial charge in [0.25, 0.3) is 11.5 Å². The number of nitrogens with one attached hydrogen (secondary N) is 2. The van der Waals surface area contributed by atoms with Gasteiger partial charge >= 0.3 is 0 Å². The summed E-state index contributed by atoms with van der Waals surface area (Å²) in [5.41, 5.74) is 3.72. The number of rotatable bonds is 5. The average Bonchev–Trinajstić information content (AvgIpc) is 3.22. The molecule has 2 aromatic carbocycles. The molecule has 3 aromatic heterocycles. The quantitative estimate of drug-likeness (QED) is 0.338. The van der Waals surface area contributed by atoms with Crippen LogP contribution in [0.25, 0.3) is 10.8 Å². The second-order valence-corrected chi connectivity index (χ2v) is 9.21. The lowest BCUT2D eigenvalue weighted by Crippen LogP contribution is -2.45. The van der Waals surface area contributed by atoms with Crippen LogP contribution in [0.5, 0.6) is 0 Å². The van der Waals surface area contributed by atoms with Gasteiger partial charge in [0.2, 0.25) is 0 Å². The van der Waals surface area contributed by atoms with Crippen molar-refractivity contribution in [2.24, 2.45) is 0 Å². The molecule has 1 atom stereocenters. The van der Waals surface area contributed by atoms with Crippen molar-refractivity contribution in [1.82, 2.24) is 25.5 Å². The highest BCUT2D eigenvalue weighted by Crippen LogP contribution is 2.43. The fourth-order valence-electron chi connectivity index (χ4n) is 4.68. The second kappa shape index (κ2) is 10.8. The molecule has 9 nitrogen and oxygen atoms in total. The number of fused-ring (bicyclic) bond motifs is 2. The van der Waals surface area contributed by atoms with E-state index < -0.39 is 5.54 Å². The van der Waals surface area contributed by atoms with Crippen LogP contribution in [0.2, 0.25) is 0 Å². The van der Waals surface area contributed by atoms with Crippen molar-refractivity contribution in [3.05, 3.63) is 124 Å². The fourth-order valence-corrected chi connectivity index (χ4v) is 4.68. The summed E-state index contributed by atoms with van der Waals surface area (Å²) in [7, 11) is 1.79. The summed E-state index contributed by atoms with van der Waals surface area (Å²) in [5.74, 6) is -0.0530. The molecule has 0 spiro atoms. The van der Waals surface area contributed by atoms with Gasteiger partial charge in [-0.05, 0) is 49.9 Å². The number of anilines is 2. The minimum absolute atomic E-state index is 0.0530. The number of aromatic nitrogens is 4. The SMILES string of the molecule is CNC1(C)C(=O)N(c2cncc(Cc3n[nH]c(=O)c4ccccc34)c2)c2ccccc21.O=Cc1cccnc1. The lowest BCUT2D eigenvalue weighted by molar-refractivity contribution is -0.122. The van der Waals surface area contributed by atoms with Gasteiger partial charge in [0.1, 0.15) is 5.54 Å². The van der Waals surface area contributed by atoms with Crippen LogP contribution in [0.4, 0.5) is 11.4 Å². The maximum atomic E-state index is 13.4. The zero-order valence-corrected chi connectivity index (χ0v) is 21.5. The molecular weight excluding hydrogens is 492 g/mol. The fraction of sp³-hybridized carbons (Fsp3) is 0.133. The van der Waals surface area contributed by atoms with E-state index in [0.29, 0.717) is 23.1 Å². The van der Waals surface area contributed by atoms with E-state index in [1.54, 1.807) is 48.7 Å². The molecule has 1 unspecified atom stereocenters. The average molecular weight is 519 g/mol. The van der Waals surface area contributed by atoms with Gasteiger partial charge in [0, 0.05) is 41.5 Å². The third-order valence-corrected chi connectivity index (χ3v) is 6.82. The van der Waals surface area contributed by atoms with Crippen LogP contribution in [0.1, 0.15) is 34.1 Å². The largest absolute Gasteiger partial charge is 0.303 e. The number of benzene rings is 2. The molecule has 1 aliphatic rings. The van der Waals surface area contributed by atoms with Gasteiger partial charge in [-0.15, -0.1) is 0 Å². The van der Waals surface area contributed by atoms with Crippen LogP contribution in [0.15, 0.2) is 96.3 Å². The molecule has 194 valence electrons. The van der Waals surface area contributed by atoms with Gasteiger partial charge in [-0.3, -0.25) is 29.3 Å². The summed E-state index contributed by atoms with van der Waals surface area (Å²) in [6.45, 7) is 1.89. The Hall–Kier alpha value is -5.02. The first-order valence-electron chi connectivity index (χ1n) is 12.3. The highest BCUT2D eigenvalue weighted by Gasteiger charge is 2.47. The van der Waals surface area contributed by atoms with Gasteiger partial charge in [0.05, 0.1) is 28.7 Å². The maximum absolute atomic E-state index is 13.4. The Morgan fingerprint density at radius 2 is 1.72 bits per heavy atom. The Bertz CT molecular complexity index is 1720. The normalized spacial score (nSPS) is 15.9. The van der Waals surface area contributed by atoms with Crippen LogP contribution in [-0.4, -0.2) is 39.4 Å². The van der Waals surface area contributed by atoms with Crippen LogP contribution in [0.3, 0.4) is 0 Å². The molecule has 2 N–H and O–H groups in total. The minimum atomic E-state index is -0.802. The van der Waals surface area contributed by atoms with E-state index in [4.69, 9.17) is 0 Å². The summed E-state index contributed by atoms with van der Waals surface area (Å²) in [4.78, 5) is 45.2. The van der Waals surface area contributed by atoms with E-state index in [1.807, 2.05) is 55.5 Å². The van der Waals surface area contributed by atoms with Crippen molar-refractivity contribution >= 4 is 34.3 Å². The monoisotopic (exact) mass is 518 g/mol. The van der Waals surface area contributed by atoms with Crippen LogP contribution in [0, 0.1) is 0 Å². The number of H-pyrrole nitrogens is 1. The molecular formula is C30H26N6O3. The predicted molar refractivity (Wildman–Crippen MR) is 149 cm³/mol. The Morgan fingerprint density at radius 1 is 0.949 bits per heavy atom. The molecule has 0 saturated carbocycles. The molecule has 39 heavy (non-hydrogen) atoms. The number of hydrogen-bond donors (Lipinski definition) is 2. The number of aldehydes is 1. The summed E-state index contributed by atoms with van der Waals surface area (Å²) < 4.78 is 0. The summed E-state index contributed by atoms with van der Waals surface area (Å²) in [6.07, 6.45) is 7.85. The third-order valence-electron chi connectivity index (χ3n) is 6.82. The van der Waals surface area contributed by atoms with E-state index in [2.05, 4.69) is 25.5 Å². The summed E-state index contributed by atoms with van der Waals surface area (Å²) >= 11 is 0. The molecule has 0 saturated heterocycles. The number of aromatic amines is 1. The summed E-state index contributed by atoms with van der Waals surface area (Å²) in [6, 6.07) is 20.6. The molecule has 9 heteroatoms. The molecule has 0 radical (unpaired) electrons. The van der Waals surface area contributed by atoms with E-state index in [9.17, 15) is 14.4 Å². The van der Waals surface area contributed by atoms with Crippen molar-refractivity contribution in [2.45, 2.75) is 18.9 Å². The molecule has 1 amide bonds. The van der Waals surface area contributed by atoms with Crippen molar-refractivity contribution in [3.8, 4) is 0 Å². The second-order valence-electron chi connectivity index (χ2n) is 9.21. The number of carbonyl (C=O) groups is 2.